The highest BCUT2D eigenvalue weighted by Crippen LogP contribution is 2.18. The van der Waals surface area contributed by atoms with Crippen LogP contribution >= 0.6 is 0 Å². The van der Waals surface area contributed by atoms with Gasteiger partial charge in [-0.1, -0.05) is 0 Å². The largest absolute Gasteiger partial charge is 0.464 e. The summed E-state index contributed by atoms with van der Waals surface area (Å²) in [7, 11) is 1.60. The Hall–Kier alpha value is -1.33. The van der Waals surface area contributed by atoms with Gasteiger partial charge in [0.15, 0.2) is 0 Å². The van der Waals surface area contributed by atoms with Crippen molar-refractivity contribution in [3.05, 3.63) is 23.7 Å². The van der Waals surface area contributed by atoms with Gasteiger partial charge in [-0.3, -0.25) is 4.79 Å². The fourth-order valence-electron chi connectivity index (χ4n) is 2.05. The lowest BCUT2D eigenvalue weighted by molar-refractivity contribution is -0.131. The molecular formula is C13H19NO4. The second-order valence-electron chi connectivity index (χ2n) is 4.47. The van der Waals surface area contributed by atoms with E-state index >= 15 is 0 Å². The third-order valence-electron chi connectivity index (χ3n) is 2.98. The van der Waals surface area contributed by atoms with Crippen molar-refractivity contribution in [2.45, 2.75) is 31.9 Å². The molecule has 5 heteroatoms. The zero-order valence-corrected chi connectivity index (χ0v) is 10.8. The first-order valence-corrected chi connectivity index (χ1v) is 6.18. The second-order valence-corrected chi connectivity index (χ2v) is 4.47. The van der Waals surface area contributed by atoms with Crippen LogP contribution in [0.3, 0.4) is 0 Å². The highest BCUT2D eigenvalue weighted by Gasteiger charge is 2.27. The molecule has 1 fully saturated rings. The Morgan fingerprint density at radius 3 is 3.00 bits per heavy atom. The summed E-state index contributed by atoms with van der Waals surface area (Å²) in [5, 5.41) is 2.91. The third kappa shape index (κ3) is 3.11. The van der Waals surface area contributed by atoms with E-state index in [1.165, 1.54) is 0 Å². The molecule has 0 bridgehead atoms. The van der Waals surface area contributed by atoms with Crippen molar-refractivity contribution in [2.75, 3.05) is 20.3 Å². The van der Waals surface area contributed by atoms with Gasteiger partial charge >= 0.3 is 0 Å². The van der Waals surface area contributed by atoms with Crippen LogP contribution in [0, 0.1) is 6.92 Å². The lowest BCUT2D eigenvalue weighted by Crippen LogP contribution is -2.38. The molecular weight excluding hydrogens is 234 g/mol. The molecule has 1 amide bonds. The minimum Gasteiger partial charge on any atom is -0.464 e. The molecule has 18 heavy (non-hydrogen) atoms. The first kappa shape index (κ1) is 13.1. The third-order valence-corrected chi connectivity index (χ3v) is 2.98. The number of hydrogen-bond acceptors (Lipinski definition) is 4. The molecule has 2 rings (SSSR count). The van der Waals surface area contributed by atoms with Crippen molar-refractivity contribution in [2.24, 2.45) is 0 Å². The molecule has 0 saturated carbocycles. The minimum absolute atomic E-state index is 0.0939. The summed E-state index contributed by atoms with van der Waals surface area (Å²) in [5.41, 5.74) is 0. The van der Waals surface area contributed by atoms with Gasteiger partial charge in [-0.05, 0) is 31.9 Å². The first-order valence-electron chi connectivity index (χ1n) is 6.18. The lowest BCUT2D eigenvalue weighted by atomic mass is 10.2. The van der Waals surface area contributed by atoms with Crippen LogP contribution in [-0.4, -0.2) is 32.3 Å². The Morgan fingerprint density at radius 2 is 2.44 bits per heavy atom. The van der Waals surface area contributed by atoms with Crippen molar-refractivity contribution >= 4 is 5.91 Å². The SMILES string of the molecule is COC[C@H](NC(=O)[C@H]1CCCO1)c1ccc(C)o1. The fraction of sp³-hybridized carbons (Fsp3) is 0.615. The van der Waals surface area contributed by atoms with Gasteiger partial charge in [0.2, 0.25) is 5.91 Å². The molecule has 1 N–H and O–H groups in total. The molecule has 0 radical (unpaired) electrons. The van der Waals surface area contributed by atoms with E-state index in [2.05, 4.69) is 5.32 Å². The highest BCUT2D eigenvalue weighted by atomic mass is 16.5. The maximum Gasteiger partial charge on any atom is 0.249 e. The second kappa shape index (κ2) is 6.02. The van der Waals surface area contributed by atoms with Crippen LogP contribution in [0.5, 0.6) is 0 Å². The van der Waals surface area contributed by atoms with Crippen molar-refractivity contribution in [1.82, 2.24) is 5.32 Å². The Kier molecular flexibility index (Phi) is 4.38. The van der Waals surface area contributed by atoms with Gasteiger partial charge in [0, 0.05) is 13.7 Å². The summed E-state index contributed by atoms with van der Waals surface area (Å²) in [6, 6.07) is 3.46. The van der Waals surface area contributed by atoms with Crippen LogP contribution in [0.15, 0.2) is 16.5 Å². The number of furan rings is 1. The van der Waals surface area contributed by atoms with E-state index in [-0.39, 0.29) is 18.1 Å². The molecule has 0 aliphatic carbocycles. The van der Waals surface area contributed by atoms with E-state index in [0.29, 0.717) is 19.0 Å². The Morgan fingerprint density at radius 1 is 1.61 bits per heavy atom. The molecule has 0 spiro atoms. The molecule has 2 atom stereocenters. The number of hydrogen-bond donors (Lipinski definition) is 1. The fourth-order valence-corrected chi connectivity index (χ4v) is 2.05. The standard InChI is InChI=1S/C13H19NO4/c1-9-5-6-11(18-9)10(8-16-2)14-13(15)12-4-3-7-17-12/h5-6,10,12H,3-4,7-8H2,1-2H3,(H,14,15)/t10-,12+/m0/s1. The minimum atomic E-state index is -0.333. The smallest absolute Gasteiger partial charge is 0.249 e. The van der Waals surface area contributed by atoms with Gasteiger partial charge in [0.05, 0.1) is 6.61 Å². The van der Waals surface area contributed by atoms with Crippen LogP contribution < -0.4 is 5.32 Å². The normalized spacial score (nSPS) is 20.9. The molecule has 100 valence electrons. The predicted molar refractivity (Wildman–Crippen MR) is 65.2 cm³/mol. The maximum atomic E-state index is 12.0. The van der Waals surface area contributed by atoms with Crippen LogP contribution in [0.1, 0.15) is 30.4 Å². The lowest BCUT2D eigenvalue weighted by Gasteiger charge is -2.18. The molecule has 5 nitrogen and oxygen atoms in total. The Balaban J connectivity index is 1.99. The van der Waals surface area contributed by atoms with Gasteiger partial charge in [-0.2, -0.15) is 0 Å². The molecule has 1 saturated heterocycles. The van der Waals surface area contributed by atoms with E-state index in [4.69, 9.17) is 13.9 Å². The van der Waals surface area contributed by atoms with Gasteiger partial charge < -0.3 is 19.2 Å². The molecule has 1 aromatic rings. The number of methoxy groups -OCH3 is 1. The predicted octanol–water partition coefficient (Wildman–Crippen LogP) is 1.57. The molecule has 1 aromatic heterocycles. The number of amides is 1. The summed E-state index contributed by atoms with van der Waals surface area (Å²) in [5.74, 6) is 1.43. The summed E-state index contributed by atoms with van der Waals surface area (Å²) in [6.45, 7) is 2.91. The topological polar surface area (TPSA) is 60.7 Å². The number of carbonyl (C=O) groups excluding carboxylic acids is 1. The molecule has 2 heterocycles. The molecule has 0 unspecified atom stereocenters. The van der Waals surface area contributed by atoms with Crippen LogP contribution in [0.2, 0.25) is 0 Å². The summed E-state index contributed by atoms with van der Waals surface area (Å²) in [4.78, 5) is 12.0. The molecule has 1 aliphatic rings. The number of carbonyl (C=O) groups is 1. The van der Waals surface area contributed by atoms with E-state index in [0.717, 1.165) is 18.6 Å². The van der Waals surface area contributed by atoms with Crippen molar-refractivity contribution in [3.63, 3.8) is 0 Å². The zero-order valence-electron chi connectivity index (χ0n) is 10.8. The summed E-state index contributed by atoms with van der Waals surface area (Å²) in [6.07, 6.45) is 1.38. The van der Waals surface area contributed by atoms with Crippen molar-refractivity contribution in [1.29, 1.82) is 0 Å². The first-order chi connectivity index (χ1) is 8.70. The van der Waals surface area contributed by atoms with Gasteiger partial charge in [0.1, 0.15) is 23.7 Å². The molecule has 1 aliphatic heterocycles. The van der Waals surface area contributed by atoms with Gasteiger partial charge in [-0.15, -0.1) is 0 Å². The van der Waals surface area contributed by atoms with E-state index in [1.807, 2.05) is 19.1 Å². The quantitative estimate of drug-likeness (QED) is 0.865. The monoisotopic (exact) mass is 253 g/mol. The number of ether oxygens (including phenoxy) is 2. The number of aryl methyl sites for hydroxylation is 1. The average Bonchev–Trinajstić information content (AvgIpc) is 2.98. The van der Waals surface area contributed by atoms with Gasteiger partial charge in [-0.25, -0.2) is 0 Å². The van der Waals surface area contributed by atoms with Crippen LogP contribution in [0.4, 0.5) is 0 Å². The summed E-state index contributed by atoms with van der Waals surface area (Å²) >= 11 is 0. The van der Waals surface area contributed by atoms with Crippen molar-refractivity contribution in [3.8, 4) is 0 Å². The number of rotatable bonds is 5. The van der Waals surface area contributed by atoms with E-state index in [9.17, 15) is 4.79 Å². The zero-order chi connectivity index (χ0) is 13.0. The van der Waals surface area contributed by atoms with Crippen LogP contribution in [0.25, 0.3) is 0 Å². The van der Waals surface area contributed by atoms with Gasteiger partial charge in [0.25, 0.3) is 0 Å². The van der Waals surface area contributed by atoms with Crippen molar-refractivity contribution < 1.29 is 18.7 Å². The molecule has 0 aromatic carbocycles. The summed E-state index contributed by atoms with van der Waals surface area (Å²) < 4.78 is 16.0. The average molecular weight is 253 g/mol. The maximum absolute atomic E-state index is 12.0. The highest BCUT2D eigenvalue weighted by molar-refractivity contribution is 5.81. The van der Waals surface area contributed by atoms with Crippen LogP contribution in [-0.2, 0) is 14.3 Å². The van der Waals surface area contributed by atoms with E-state index < -0.39 is 0 Å². The Bertz CT molecular complexity index is 395. The Labute approximate surface area is 106 Å². The van der Waals surface area contributed by atoms with E-state index in [1.54, 1.807) is 7.11 Å². The number of nitrogens with one attached hydrogen (secondary N) is 1.